The second-order valence-electron chi connectivity index (χ2n) is 2.60. The molecule has 0 saturated heterocycles. The van der Waals surface area contributed by atoms with Crippen molar-refractivity contribution in [3.05, 3.63) is 38.3 Å². The smallest absolute Gasteiger partial charge is 0.286 e. The van der Waals surface area contributed by atoms with Gasteiger partial charge in [-0.05, 0) is 0 Å². The molecule has 0 aliphatic carbocycles. The highest BCUT2D eigenvalue weighted by Gasteiger charge is 2.07. The van der Waals surface area contributed by atoms with Crippen LogP contribution in [-0.4, -0.2) is 15.8 Å². The van der Waals surface area contributed by atoms with Crippen LogP contribution in [-0.2, 0) is 0 Å². The Bertz CT molecular complexity index is 484. The maximum Gasteiger partial charge on any atom is 0.286 e. The summed E-state index contributed by atoms with van der Waals surface area (Å²) in [6, 6.07) is 1.14. The second-order valence-corrected chi connectivity index (χ2v) is 2.98. The third-order valence-electron chi connectivity index (χ3n) is 1.54. The number of halogens is 1. The molecule has 0 amide bonds. The summed E-state index contributed by atoms with van der Waals surface area (Å²) in [7, 11) is 0. The van der Waals surface area contributed by atoms with E-state index in [-0.39, 0.29) is 11.3 Å². The highest BCUT2D eigenvalue weighted by Crippen LogP contribution is 2.07. The lowest BCUT2D eigenvalue weighted by molar-refractivity contribution is -0.385. The van der Waals surface area contributed by atoms with Gasteiger partial charge in [0, 0.05) is 18.4 Å². The van der Waals surface area contributed by atoms with Crippen molar-refractivity contribution >= 4 is 17.3 Å². The minimum Gasteiger partial charge on any atom is -0.322 e. The molecule has 5 nitrogen and oxygen atoms in total. The molecule has 1 aromatic heterocycles. The number of pyridine rings is 1. The van der Waals surface area contributed by atoms with Crippen molar-refractivity contribution in [2.75, 3.05) is 5.88 Å². The van der Waals surface area contributed by atoms with E-state index in [1.165, 1.54) is 0 Å². The largest absolute Gasteiger partial charge is 0.322 e. The van der Waals surface area contributed by atoms with Crippen molar-refractivity contribution in [3.63, 3.8) is 0 Å². The molecule has 0 fully saturated rings. The fourth-order valence-corrected chi connectivity index (χ4v) is 0.970. The first kappa shape index (κ1) is 11.3. The van der Waals surface area contributed by atoms with Crippen molar-refractivity contribution in [3.8, 4) is 11.8 Å². The quantitative estimate of drug-likeness (QED) is 0.357. The summed E-state index contributed by atoms with van der Waals surface area (Å²) in [5.41, 5.74) is -0.554. The van der Waals surface area contributed by atoms with E-state index < -0.39 is 10.5 Å². The number of nitro groups is 1. The topological polar surface area (TPSA) is 76.0 Å². The first-order valence-corrected chi connectivity index (χ1v) is 4.60. The zero-order valence-electron chi connectivity index (χ0n) is 7.62. The van der Waals surface area contributed by atoms with Crippen LogP contribution in [0.4, 0.5) is 5.69 Å². The van der Waals surface area contributed by atoms with Crippen LogP contribution in [0.15, 0.2) is 17.1 Å². The summed E-state index contributed by atoms with van der Waals surface area (Å²) in [5, 5.41) is 10.4. The predicted octanol–water partition coefficient (Wildman–Crippen LogP) is 1.26. The monoisotopic (exact) mass is 226 g/mol. The Morgan fingerprint density at radius 1 is 1.60 bits per heavy atom. The molecule has 0 aromatic carbocycles. The van der Waals surface area contributed by atoms with Crippen LogP contribution in [0.25, 0.3) is 0 Å². The molecule has 0 aliphatic heterocycles. The van der Waals surface area contributed by atoms with Crippen LogP contribution >= 0.6 is 11.6 Å². The molecule has 0 aliphatic rings. The third kappa shape index (κ3) is 3.11. The molecule has 0 radical (unpaired) electrons. The van der Waals surface area contributed by atoms with Gasteiger partial charge in [0.1, 0.15) is 0 Å². The number of alkyl halides is 1. The van der Waals surface area contributed by atoms with Crippen molar-refractivity contribution in [1.82, 2.24) is 4.98 Å². The van der Waals surface area contributed by atoms with Gasteiger partial charge in [-0.25, -0.2) is 0 Å². The number of aromatic nitrogens is 1. The van der Waals surface area contributed by atoms with E-state index in [1.807, 2.05) is 0 Å². The molecular formula is C9H7ClN2O3. The lowest BCUT2D eigenvalue weighted by Crippen LogP contribution is -2.09. The zero-order chi connectivity index (χ0) is 11.3. The lowest BCUT2D eigenvalue weighted by Gasteiger charge is -1.91. The molecule has 15 heavy (non-hydrogen) atoms. The Labute approximate surface area is 90.2 Å². The van der Waals surface area contributed by atoms with E-state index in [4.69, 9.17) is 11.6 Å². The molecule has 0 atom stereocenters. The Hall–Kier alpha value is -1.80. The van der Waals surface area contributed by atoms with Gasteiger partial charge >= 0.3 is 0 Å². The predicted molar refractivity (Wildman–Crippen MR) is 55.9 cm³/mol. The second kappa shape index (κ2) is 5.17. The van der Waals surface area contributed by atoms with Crippen LogP contribution in [0.1, 0.15) is 12.0 Å². The highest BCUT2D eigenvalue weighted by molar-refractivity contribution is 6.18. The van der Waals surface area contributed by atoms with Crippen molar-refractivity contribution in [1.29, 1.82) is 0 Å². The Morgan fingerprint density at radius 2 is 2.33 bits per heavy atom. The van der Waals surface area contributed by atoms with Gasteiger partial charge < -0.3 is 4.98 Å². The van der Waals surface area contributed by atoms with Gasteiger partial charge in [-0.2, -0.15) is 0 Å². The fraction of sp³-hybridized carbons (Fsp3) is 0.222. The van der Waals surface area contributed by atoms with Gasteiger partial charge in [0.05, 0.1) is 16.7 Å². The molecule has 1 rings (SSSR count). The van der Waals surface area contributed by atoms with Crippen LogP contribution in [0.3, 0.4) is 0 Å². The van der Waals surface area contributed by atoms with Crippen LogP contribution < -0.4 is 5.56 Å². The summed E-state index contributed by atoms with van der Waals surface area (Å²) in [6.45, 7) is 0. The van der Waals surface area contributed by atoms with Crippen molar-refractivity contribution in [2.45, 2.75) is 6.42 Å². The van der Waals surface area contributed by atoms with E-state index in [1.54, 1.807) is 0 Å². The van der Waals surface area contributed by atoms with Gasteiger partial charge in [-0.15, -0.1) is 11.6 Å². The van der Waals surface area contributed by atoms with E-state index >= 15 is 0 Å². The number of nitrogens with zero attached hydrogens (tertiary/aromatic N) is 1. The lowest BCUT2D eigenvalue weighted by atomic mass is 10.2. The van der Waals surface area contributed by atoms with Crippen LogP contribution in [0.2, 0.25) is 0 Å². The average molecular weight is 227 g/mol. The summed E-state index contributed by atoms with van der Waals surface area (Å²) in [6.07, 6.45) is 1.47. The number of hydrogen-bond donors (Lipinski definition) is 1. The molecule has 1 N–H and O–H groups in total. The average Bonchev–Trinajstić information content (AvgIpc) is 2.20. The summed E-state index contributed by atoms with van der Waals surface area (Å²) >= 11 is 5.39. The van der Waals surface area contributed by atoms with Crippen molar-refractivity contribution < 1.29 is 4.92 Å². The molecule has 6 heteroatoms. The number of H-pyrrole nitrogens is 1. The van der Waals surface area contributed by atoms with E-state index in [9.17, 15) is 14.9 Å². The van der Waals surface area contributed by atoms with E-state index in [0.717, 1.165) is 12.3 Å². The summed E-state index contributed by atoms with van der Waals surface area (Å²) in [4.78, 5) is 23.2. The maximum absolute atomic E-state index is 11.2. The SMILES string of the molecule is O=c1[nH]cc([N+](=O)[O-])cc1C#CCCCl. The van der Waals surface area contributed by atoms with Crippen molar-refractivity contribution in [2.24, 2.45) is 0 Å². The molecule has 0 saturated carbocycles. The van der Waals surface area contributed by atoms with Gasteiger partial charge in [0.15, 0.2) is 0 Å². The van der Waals surface area contributed by atoms with Gasteiger partial charge in [-0.1, -0.05) is 11.8 Å². The minimum absolute atomic E-state index is 0.0781. The Kier molecular flexibility index (Phi) is 3.89. The number of hydrogen-bond acceptors (Lipinski definition) is 3. The molecule has 0 bridgehead atoms. The Balaban J connectivity index is 3.08. The van der Waals surface area contributed by atoms with Crippen LogP contribution in [0, 0.1) is 22.0 Å². The summed E-state index contributed by atoms with van der Waals surface area (Å²) < 4.78 is 0. The number of nitrogens with one attached hydrogen (secondary N) is 1. The molecular weight excluding hydrogens is 220 g/mol. The first-order valence-electron chi connectivity index (χ1n) is 4.07. The minimum atomic E-state index is -0.595. The third-order valence-corrected chi connectivity index (χ3v) is 1.73. The molecule has 0 spiro atoms. The molecule has 78 valence electrons. The van der Waals surface area contributed by atoms with E-state index in [2.05, 4.69) is 16.8 Å². The normalized spacial score (nSPS) is 9.13. The van der Waals surface area contributed by atoms with Gasteiger partial charge in [-0.3, -0.25) is 14.9 Å². The zero-order valence-corrected chi connectivity index (χ0v) is 8.37. The molecule has 0 unspecified atom stereocenters. The number of aromatic amines is 1. The van der Waals surface area contributed by atoms with Gasteiger partial charge in [0.25, 0.3) is 11.2 Å². The standard InChI is InChI=1S/C9H7ClN2O3/c10-4-2-1-3-7-5-8(12(14)15)6-11-9(7)13/h5-6H,2,4H2,(H,11,13). The Morgan fingerprint density at radius 3 is 2.93 bits per heavy atom. The highest BCUT2D eigenvalue weighted by atomic mass is 35.5. The van der Waals surface area contributed by atoms with E-state index in [0.29, 0.717) is 12.3 Å². The maximum atomic E-state index is 11.2. The fourth-order valence-electron chi connectivity index (χ4n) is 0.876. The van der Waals surface area contributed by atoms with Crippen LogP contribution in [0.5, 0.6) is 0 Å². The van der Waals surface area contributed by atoms with Gasteiger partial charge in [0.2, 0.25) is 0 Å². The first-order chi connectivity index (χ1) is 7.15. The summed E-state index contributed by atoms with van der Waals surface area (Å²) in [5.74, 6) is 5.52. The molecule has 1 heterocycles. The molecule has 1 aromatic rings. The number of rotatable bonds is 2.